The second-order valence-electron chi connectivity index (χ2n) is 8.20. The van der Waals surface area contributed by atoms with Gasteiger partial charge in [-0.2, -0.15) is 0 Å². The maximum Gasteiger partial charge on any atom is 0.225 e. The lowest BCUT2D eigenvalue weighted by Gasteiger charge is -2.27. The largest absolute Gasteiger partial charge is 0.497 e. The van der Waals surface area contributed by atoms with Crippen LogP contribution >= 0.6 is 35.8 Å². The summed E-state index contributed by atoms with van der Waals surface area (Å²) in [6, 6.07) is 11.8. The van der Waals surface area contributed by atoms with Crippen LogP contribution in [-0.2, 0) is 9.53 Å². The van der Waals surface area contributed by atoms with Crippen LogP contribution in [0.2, 0.25) is 5.02 Å². The van der Waals surface area contributed by atoms with Gasteiger partial charge in [0.05, 0.1) is 26.0 Å². The molecule has 6 nitrogen and oxygen atoms in total. The molecule has 1 unspecified atom stereocenters. The molecule has 1 amide bonds. The zero-order valence-corrected chi connectivity index (χ0v) is 22.8. The number of fused-ring (bicyclic) bond motifs is 1. The maximum atomic E-state index is 12.6. The highest BCUT2D eigenvalue weighted by molar-refractivity contribution is 8.00. The Morgan fingerprint density at radius 1 is 1.15 bits per heavy atom. The standard InChI is InChI=1S/C25H33ClN2O4S.ClH/c1-17(2)27(12-14-30-4)11-6-13-32-23-10-8-20(31-5)16-21(23)25-28(18(3)29)22-9-7-19(26)15-24(22)33-25;/h7-10,15-17,25H,6,11-14H2,1-5H3;1H. The van der Waals surface area contributed by atoms with E-state index in [9.17, 15) is 4.79 Å². The quantitative estimate of drug-likeness (QED) is 0.330. The summed E-state index contributed by atoms with van der Waals surface area (Å²) < 4.78 is 16.9. The highest BCUT2D eigenvalue weighted by Gasteiger charge is 2.36. The number of carbonyl (C=O) groups is 1. The van der Waals surface area contributed by atoms with Crippen molar-refractivity contribution < 1.29 is 19.0 Å². The first-order chi connectivity index (χ1) is 15.8. The number of halogens is 2. The normalized spacial score (nSPS) is 14.8. The monoisotopic (exact) mass is 528 g/mol. The molecule has 1 heterocycles. The highest BCUT2D eigenvalue weighted by Crippen LogP contribution is 2.54. The third-order valence-corrected chi connectivity index (χ3v) is 7.14. The first-order valence-corrected chi connectivity index (χ1v) is 12.4. The molecule has 2 aromatic rings. The van der Waals surface area contributed by atoms with E-state index >= 15 is 0 Å². The topological polar surface area (TPSA) is 51.2 Å². The van der Waals surface area contributed by atoms with E-state index < -0.39 is 0 Å². The van der Waals surface area contributed by atoms with E-state index in [0.29, 0.717) is 24.3 Å². The Balaban J connectivity index is 0.00000408. The molecular formula is C25H34Cl2N2O4S. The van der Waals surface area contributed by atoms with Gasteiger partial charge in [0.1, 0.15) is 16.9 Å². The van der Waals surface area contributed by atoms with Gasteiger partial charge in [0.25, 0.3) is 0 Å². The maximum absolute atomic E-state index is 12.6. The molecule has 0 N–H and O–H groups in total. The van der Waals surface area contributed by atoms with E-state index in [1.54, 1.807) is 37.8 Å². The van der Waals surface area contributed by atoms with Gasteiger partial charge in [-0.3, -0.25) is 14.6 Å². The van der Waals surface area contributed by atoms with Gasteiger partial charge < -0.3 is 14.2 Å². The Hall–Kier alpha value is -1.64. The van der Waals surface area contributed by atoms with Crippen molar-refractivity contribution in [3.8, 4) is 11.5 Å². The number of nitrogens with zero attached hydrogens (tertiary/aromatic N) is 2. The number of methoxy groups -OCH3 is 2. The van der Waals surface area contributed by atoms with Crippen LogP contribution in [0.5, 0.6) is 11.5 Å². The average Bonchev–Trinajstić information content (AvgIpc) is 3.17. The molecule has 34 heavy (non-hydrogen) atoms. The van der Waals surface area contributed by atoms with Gasteiger partial charge in [-0.1, -0.05) is 23.4 Å². The van der Waals surface area contributed by atoms with Gasteiger partial charge in [-0.05, 0) is 56.7 Å². The van der Waals surface area contributed by atoms with Crippen molar-refractivity contribution in [3.63, 3.8) is 0 Å². The van der Waals surface area contributed by atoms with E-state index in [0.717, 1.165) is 47.2 Å². The smallest absolute Gasteiger partial charge is 0.225 e. The highest BCUT2D eigenvalue weighted by atomic mass is 35.5. The van der Waals surface area contributed by atoms with Crippen LogP contribution in [-0.4, -0.2) is 57.4 Å². The Bertz CT molecular complexity index is 961. The Labute approximate surface area is 218 Å². The summed E-state index contributed by atoms with van der Waals surface area (Å²) in [5, 5.41) is 0.394. The van der Waals surface area contributed by atoms with Crippen LogP contribution in [0.1, 0.15) is 38.1 Å². The number of carbonyl (C=O) groups excluding carboxylic acids is 1. The van der Waals surface area contributed by atoms with Crippen molar-refractivity contribution >= 4 is 47.4 Å². The predicted octanol–water partition coefficient (Wildman–Crippen LogP) is 6.05. The molecule has 0 aromatic heterocycles. The van der Waals surface area contributed by atoms with Crippen LogP contribution in [0.4, 0.5) is 5.69 Å². The summed E-state index contributed by atoms with van der Waals surface area (Å²) in [6.07, 6.45) is 0.886. The number of benzene rings is 2. The molecule has 0 saturated carbocycles. The zero-order chi connectivity index (χ0) is 24.0. The summed E-state index contributed by atoms with van der Waals surface area (Å²) in [5.41, 5.74) is 1.77. The molecule has 0 bridgehead atoms. The van der Waals surface area contributed by atoms with Gasteiger partial charge in [0, 0.05) is 48.6 Å². The minimum absolute atomic E-state index is 0. The molecule has 188 valence electrons. The van der Waals surface area contributed by atoms with E-state index in [-0.39, 0.29) is 23.7 Å². The van der Waals surface area contributed by atoms with Crippen molar-refractivity contribution in [3.05, 3.63) is 47.0 Å². The molecule has 1 atom stereocenters. The lowest BCUT2D eigenvalue weighted by Crippen LogP contribution is -2.35. The molecule has 3 rings (SSSR count). The number of thioether (sulfide) groups is 1. The second-order valence-corrected chi connectivity index (χ2v) is 9.76. The molecule has 0 aliphatic carbocycles. The molecule has 2 aromatic carbocycles. The zero-order valence-electron chi connectivity index (χ0n) is 20.4. The Morgan fingerprint density at radius 2 is 1.91 bits per heavy atom. The number of amides is 1. The summed E-state index contributed by atoms with van der Waals surface area (Å²) >= 11 is 7.81. The van der Waals surface area contributed by atoms with Gasteiger partial charge in [-0.25, -0.2) is 0 Å². The minimum atomic E-state index is -0.255. The summed E-state index contributed by atoms with van der Waals surface area (Å²) in [5.74, 6) is 1.44. The molecule has 9 heteroatoms. The third-order valence-electron chi connectivity index (χ3n) is 5.64. The van der Waals surface area contributed by atoms with Gasteiger partial charge in [0.2, 0.25) is 5.91 Å². The van der Waals surface area contributed by atoms with Crippen molar-refractivity contribution in [2.45, 2.75) is 43.5 Å². The first-order valence-electron chi connectivity index (χ1n) is 11.2. The Morgan fingerprint density at radius 3 is 2.56 bits per heavy atom. The third kappa shape index (κ3) is 6.95. The predicted molar refractivity (Wildman–Crippen MR) is 142 cm³/mol. The van der Waals surface area contributed by atoms with Crippen molar-refractivity contribution in [2.24, 2.45) is 0 Å². The molecule has 0 saturated heterocycles. The lowest BCUT2D eigenvalue weighted by atomic mass is 10.1. The van der Waals surface area contributed by atoms with E-state index in [4.69, 9.17) is 25.8 Å². The van der Waals surface area contributed by atoms with Gasteiger partial charge >= 0.3 is 0 Å². The van der Waals surface area contributed by atoms with Crippen LogP contribution in [0.25, 0.3) is 0 Å². The molecule has 0 radical (unpaired) electrons. The van der Waals surface area contributed by atoms with Crippen LogP contribution in [0, 0.1) is 0 Å². The molecular weight excluding hydrogens is 495 g/mol. The molecule has 1 aliphatic rings. The Kier molecular flexibility index (Phi) is 11.3. The average molecular weight is 530 g/mol. The fourth-order valence-corrected chi connectivity index (χ4v) is 5.52. The van der Waals surface area contributed by atoms with Gasteiger partial charge in [0.15, 0.2) is 0 Å². The first kappa shape index (κ1) is 28.6. The summed E-state index contributed by atoms with van der Waals surface area (Å²) in [7, 11) is 3.36. The van der Waals surface area contributed by atoms with Gasteiger partial charge in [-0.15, -0.1) is 12.4 Å². The van der Waals surface area contributed by atoms with Crippen LogP contribution in [0.15, 0.2) is 41.3 Å². The van der Waals surface area contributed by atoms with Crippen molar-refractivity contribution in [1.82, 2.24) is 4.90 Å². The van der Waals surface area contributed by atoms with Crippen molar-refractivity contribution in [1.29, 1.82) is 0 Å². The van der Waals surface area contributed by atoms with E-state index in [2.05, 4.69) is 18.7 Å². The number of ether oxygens (including phenoxy) is 3. The van der Waals surface area contributed by atoms with Crippen LogP contribution < -0.4 is 14.4 Å². The fraction of sp³-hybridized carbons (Fsp3) is 0.480. The van der Waals surface area contributed by atoms with Crippen LogP contribution in [0.3, 0.4) is 0 Å². The van der Waals surface area contributed by atoms with E-state index in [1.165, 1.54) is 0 Å². The number of hydrogen-bond acceptors (Lipinski definition) is 6. The van der Waals surface area contributed by atoms with E-state index in [1.807, 2.05) is 36.4 Å². The SMILES string of the molecule is COCCN(CCCOc1ccc(OC)cc1C1Sc2cc(Cl)ccc2N1C(C)=O)C(C)C.Cl. The molecule has 0 spiro atoms. The minimum Gasteiger partial charge on any atom is -0.497 e. The number of hydrogen-bond donors (Lipinski definition) is 0. The van der Waals surface area contributed by atoms with Crippen molar-refractivity contribution in [2.75, 3.05) is 45.4 Å². The lowest BCUT2D eigenvalue weighted by molar-refractivity contribution is -0.116. The number of anilines is 1. The number of rotatable bonds is 11. The molecule has 1 aliphatic heterocycles. The molecule has 0 fully saturated rings. The fourth-order valence-electron chi connectivity index (χ4n) is 3.88. The second kappa shape index (κ2) is 13.4. The summed E-state index contributed by atoms with van der Waals surface area (Å²) in [6.45, 7) is 9.07. The summed E-state index contributed by atoms with van der Waals surface area (Å²) in [4.78, 5) is 17.8.